The zero-order chi connectivity index (χ0) is 15.1. The lowest BCUT2D eigenvalue weighted by atomic mass is 10.3. The summed E-state index contributed by atoms with van der Waals surface area (Å²) >= 11 is 5.63. The Hall–Kier alpha value is -0.123. The van der Waals surface area contributed by atoms with Gasteiger partial charge < -0.3 is 0 Å². The van der Waals surface area contributed by atoms with E-state index >= 15 is 0 Å². The number of rotatable bonds is 4. The highest BCUT2D eigenvalue weighted by molar-refractivity contribution is 9.10. The molecule has 0 aliphatic rings. The topological polar surface area (TPSA) is 0 Å². The molecule has 0 spiro atoms. The van der Waals surface area contributed by atoms with E-state index in [0.29, 0.717) is 0 Å². The van der Waals surface area contributed by atoms with Crippen LogP contribution in [-0.4, -0.2) is 8.07 Å². The molecule has 0 atom stereocenters. The first-order valence-corrected chi connectivity index (χ1v) is 11.3. The monoisotopic (exact) mass is 368 g/mol. The third-order valence-electron chi connectivity index (χ3n) is 4.77. The molecule has 1 aromatic carbocycles. The maximum Gasteiger partial charge on any atom is 0.107 e. The fourth-order valence-corrected chi connectivity index (χ4v) is 14.5. The van der Waals surface area contributed by atoms with E-state index in [1.54, 1.807) is 4.50 Å². The number of halogens is 1. The number of hydrogen-bond acceptors (Lipinski definition) is 1. The standard InChI is InChI=1S/C17H25BrSSi/c1-11(2)20(12(3)4,13(5)6)17-10-14-9-15(18)7-8-16(14)19-17/h7-13H,1-6H3. The average Bonchev–Trinajstić information content (AvgIpc) is 2.70. The van der Waals surface area contributed by atoms with Gasteiger partial charge >= 0.3 is 0 Å². The van der Waals surface area contributed by atoms with Crippen LogP contribution in [0.1, 0.15) is 41.5 Å². The van der Waals surface area contributed by atoms with E-state index in [1.165, 1.54) is 14.6 Å². The van der Waals surface area contributed by atoms with Crippen LogP contribution in [0.3, 0.4) is 0 Å². The van der Waals surface area contributed by atoms with Crippen LogP contribution in [0.25, 0.3) is 10.1 Å². The molecule has 2 rings (SSSR count). The molecule has 0 nitrogen and oxygen atoms in total. The normalized spacial score (nSPS) is 13.1. The van der Waals surface area contributed by atoms with Gasteiger partial charge in [-0.25, -0.2) is 0 Å². The quantitative estimate of drug-likeness (QED) is 0.536. The number of benzene rings is 1. The lowest BCUT2D eigenvalue weighted by Crippen LogP contribution is -2.54. The summed E-state index contributed by atoms with van der Waals surface area (Å²) < 4.78 is 4.30. The molecule has 0 aliphatic heterocycles. The largest absolute Gasteiger partial charge is 0.145 e. The van der Waals surface area contributed by atoms with Gasteiger partial charge in [-0.2, -0.15) is 0 Å². The van der Waals surface area contributed by atoms with Crippen molar-refractivity contribution < 1.29 is 0 Å². The molecule has 20 heavy (non-hydrogen) atoms. The van der Waals surface area contributed by atoms with Gasteiger partial charge in [-0.1, -0.05) is 57.5 Å². The predicted molar refractivity (Wildman–Crippen MR) is 100 cm³/mol. The summed E-state index contributed by atoms with van der Waals surface area (Å²) in [4.78, 5) is 0. The van der Waals surface area contributed by atoms with Crippen LogP contribution in [0.15, 0.2) is 28.7 Å². The predicted octanol–water partition coefficient (Wildman–Crippen LogP) is 6.55. The van der Waals surface area contributed by atoms with Crippen LogP contribution in [0.5, 0.6) is 0 Å². The second kappa shape index (κ2) is 5.94. The van der Waals surface area contributed by atoms with Crippen LogP contribution in [-0.2, 0) is 0 Å². The Kier molecular flexibility index (Phi) is 4.82. The molecule has 110 valence electrons. The third kappa shape index (κ3) is 2.53. The molecular weight excluding hydrogens is 344 g/mol. The number of fused-ring (bicyclic) bond motifs is 1. The molecule has 0 amide bonds. The minimum atomic E-state index is -1.50. The third-order valence-corrected chi connectivity index (χ3v) is 14.3. The van der Waals surface area contributed by atoms with Crippen molar-refractivity contribution in [3.63, 3.8) is 0 Å². The lowest BCUT2D eigenvalue weighted by Gasteiger charge is -2.42. The molecule has 1 aromatic heterocycles. The Balaban J connectivity index is 2.68. The van der Waals surface area contributed by atoms with Crippen molar-refractivity contribution in [1.29, 1.82) is 0 Å². The number of thiophene rings is 1. The fraction of sp³-hybridized carbons (Fsp3) is 0.529. The van der Waals surface area contributed by atoms with Gasteiger partial charge in [-0.05, 0) is 50.8 Å². The Morgan fingerprint density at radius 2 is 1.45 bits per heavy atom. The first kappa shape index (κ1) is 16.3. The zero-order valence-corrected chi connectivity index (χ0v) is 16.7. The summed E-state index contributed by atoms with van der Waals surface area (Å²) in [6.07, 6.45) is 0. The Morgan fingerprint density at radius 1 is 0.900 bits per heavy atom. The molecule has 0 N–H and O–H groups in total. The molecule has 0 fully saturated rings. The van der Waals surface area contributed by atoms with E-state index < -0.39 is 8.07 Å². The van der Waals surface area contributed by atoms with E-state index in [2.05, 4.69) is 81.7 Å². The summed E-state index contributed by atoms with van der Waals surface area (Å²) in [7, 11) is -1.50. The van der Waals surface area contributed by atoms with Gasteiger partial charge in [0.15, 0.2) is 0 Å². The molecule has 0 bridgehead atoms. The maximum absolute atomic E-state index is 3.59. The van der Waals surface area contributed by atoms with Crippen LogP contribution in [0.2, 0.25) is 16.6 Å². The lowest BCUT2D eigenvalue weighted by molar-refractivity contribution is 0.837. The minimum Gasteiger partial charge on any atom is -0.145 e. The molecule has 0 aliphatic carbocycles. The van der Waals surface area contributed by atoms with Gasteiger partial charge in [-0.15, -0.1) is 11.3 Å². The summed E-state index contributed by atoms with van der Waals surface area (Å²) in [5, 5.41) is 1.40. The second-order valence-electron chi connectivity index (χ2n) is 6.69. The van der Waals surface area contributed by atoms with E-state index in [4.69, 9.17) is 0 Å². The Morgan fingerprint density at radius 3 is 1.95 bits per heavy atom. The van der Waals surface area contributed by atoms with Crippen molar-refractivity contribution in [2.24, 2.45) is 0 Å². The number of hydrogen-bond donors (Lipinski definition) is 0. The average molecular weight is 369 g/mol. The molecule has 0 unspecified atom stereocenters. The van der Waals surface area contributed by atoms with Crippen LogP contribution < -0.4 is 4.50 Å². The highest BCUT2D eigenvalue weighted by Gasteiger charge is 2.45. The van der Waals surface area contributed by atoms with Crippen molar-refractivity contribution in [3.05, 3.63) is 28.7 Å². The van der Waals surface area contributed by atoms with Gasteiger partial charge in [0, 0.05) is 9.17 Å². The minimum absolute atomic E-state index is 0.777. The van der Waals surface area contributed by atoms with Crippen molar-refractivity contribution in [2.75, 3.05) is 0 Å². The van der Waals surface area contributed by atoms with Crippen LogP contribution >= 0.6 is 27.3 Å². The van der Waals surface area contributed by atoms with Gasteiger partial charge in [-0.3, -0.25) is 0 Å². The fourth-order valence-electron chi connectivity index (χ4n) is 4.08. The smallest absolute Gasteiger partial charge is 0.107 e. The first-order chi connectivity index (χ1) is 9.30. The van der Waals surface area contributed by atoms with Gasteiger partial charge in [0.25, 0.3) is 0 Å². The summed E-state index contributed by atoms with van der Waals surface area (Å²) in [5.41, 5.74) is 2.33. The molecule has 0 saturated heterocycles. The highest BCUT2D eigenvalue weighted by Crippen LogP contribution is 2.43. The molecule has 1 heterocycles. The summed E-state index contributed by atoms with van der Waals surface area (Å²) in [6, 6.07) is 9.16. The van der Waals surface area contributed by atoms with E-state index in [-0.39, 0.29) is 0 Å². The molecule has 3 heteroatoms. The first-order valence-electron chi connectivity index (χ1n) is 7.49. The summed E-state index contributed by atoms with van der Waals surface area (Å²) in [6.45, 7) is 14.6. The Bertz CT molecular complexity index is 576. The van der Waals surface area contributed by atoms with Crippen molar-refractivity contribution in [1.82, 2.24) is 0 Å². The zero-order valence-electron chi connectivity index (χ0n) is 13.3. The SMILES string of the molecule is CC(C)[Si](c1cc2cc(Br)ccc2s1)(C(C)C)C(C)C. The second-order valence-corrected chi connectivity index (χ2v) is 14.9. The summed E-state index contributed by atoms with van der Waals surface area (Å²) in [5.74, 6) is 0. The maximum atomic E-state index is 3.59. The van der Waals surface area contributed by atoms with Crippen molar-refractivity contribution in [3.8, 4) is 0 Å². The van der Waals surface area contributed by atoms with E-state index in [9.17, 15) is 0 Å². The van der Waals surface area contributed by atoms with Crippen LogP contribution in [0.4, 0.5) is 0 Å². The van der Waals surface area contributed by atoms with Crippen molar-refractivity contribution >= 4 is 49.9 Å². The van der Waals surface area contributed by atoms with Gasteiger partial charge in [0.1, 0.15) is 8.07 Å². The van der Waals surface area contributed by atoms with E-state index in [0.717, 1.165) is 16.6 Å². The Labute approximate surface area is 136 Å². The van der Waals surface area contributed by atoms with Crippen molar-refractivity contribution in [2.45, 2.75) is 58.2 Å². The van der Waals surface area contributed by atoms with Gasteiger partial charge in [0.05, 0.1) is 0 Å². The molecule has 0 saturated carbocycles. The van der Waals surface area contributed by atoms with Gasteiger partial charge in [0.2, 0.25) is 0 Å². The van der Waals surface area contributed by atoms with Crippen LogP contribution in [0, 0.1) is 0 Å². The highest BCUT2D eigenvalue weighted by atomic mass is 79.9. The molecule has 0 radical (unpaired) electrons. The van der Waals surface area contributed by atoms with E-state index in [1.807, 2.05) is 11.3 Å². The molecule has 2 aromatic rings. The molecular formula is C17H25BrSSi.